The van der Waals surface area contributed by atoms with Crippen molar-refractivity contribution in [3.05, 3.63) is 11.1 Å². The Kier molecular flexibility index (Phi) is 3.86. The maximum Gasteiger partial charge on any atom is 0.349 e. The lowest BCUT2D eigenvalue weighted by molar-refractivity contribution is 0.0606. The van der Waals surface area contributed by atoms with Gasteiger partial charge in [-0.25, -0.2) is 18.2 Å². The minimum absolute atomic E-state index is 0.268. The number of methoxy groups -OCH3 is 1. The molecule has 1 saturated heterocycles. The Balaban J connectivity index is 1.95. The quantitative estimate of drug-likeness (QED) is 0.830. The zero-order valence-electron chi connectivity index (χ0n) is 9.88. The van der Waals surface area contributed by atoms with E-state index in [1.165, 1.54) is 13.3 Å². The van der Waals surface area contributed by atoms with E-state index in [4.69, 9.17) is 0 Å². The van der Waals surface area contributed by atoms with Crippen LogP contribution in [0, 0.1) is 0 Å². The first-order valence-electron chi connectivity index (χ1n) is 5.52. The van der Waals surface area contributed by atoms with Gasteiger partial charge in [0.05, 0.1) is 24.3 Å². The number of thiazole rings is 1. The van der Waals surface area contributed by atoms with Crippen molar-refractivity contribution in [2.45, 2.75) is 18.1 Å². The third kappa shape index (κ3) is 2.81. The molecule has 0 aromatic carbocycles. The van der Waals surface area contributed by atoms with E-state index in [-0.39, 0.29) is 11.0 Å². The van der Waals surface area contributed by atoms with Crippen LogP contribution in [0.5, 0.6) is 0 Å². The summed E-state index contributed by atoms with van der Waals surface area (Å²) < 4.78 is 27.8. The van der Waals surface area contributed by atoms with Gasteiger partial charge in [0.2, 0.25) is 0 Å². The largest absolute Gasteiger partial charge is 0.465 e. The van der Waals surface area contributed by atoms with Gasteiger partial charge in [-0.2, -0.15) is 0 Å². The van der Waals surface area contributed by atoms with Gasteiger partial charge in [-0.3, -0.25) is 0 Å². The summed E-state index contributed by atoms with van der Waals surface area (Å²) in [5, 5.41) is 3.16. The summed E-state index contributed by atoms with van der Waals surface area (Å²) in [6.07, 6.45) is 2.83. The van der Waals surface area contributed by atoms with Gasteiger partial charge in [0.25, 0.3) is 0 Å². The molecule has 1 fully saturated rings. The van der Waals surface area contributed by atoms with Gasteiger partial charge < -0.3 is 10.1 Å². The minimum Gasteiger partial charge on any atom is -0.465 e. The molecule has 18 heavy (non-hydrogen) atoms. The van der Waals surface area contributed by atoms with E-state index in [1.54, 1.807) is 0 Å². The van der Waals surface area contributed by atoms with E-state index < -0.39 is 15.8 Å². The molecule has 1 aliphatic heterocycles. The molecule has 100 valence electrons. The topological polar surface area (TPSA) is 85.4 Å². The summed E-state index contributed by atoms with van der Waals surface area (Å²) in [7, 11) is -1.64. The van der Waals surface area contributed by atoms with Crippen molar-refractivity contribution in [1.82, 2.24) is 4.98 Å². The van der Waals surface area contributed by atoms with Crippen LogP contribution >= 0.6 is 11.3 Å². The van der Waals surface area contributed by atoms with Crippen LogP contribution in [0.25, 0.3) is 0 Å². The molecular weight excluding hydrogens is 276 g/mol. The molecule has 8 heteroatoms. The van der Waals surface area contributed by atoms with Crippen molar-refractivity contribution in [1.29, 1.82) is 0 Å². The first-order chi connectivity index (χ1) is 8.53. The van der Waals surface area contributed by atoms with Crippen LogP contribution in [-0.4, -0.2) is 44.0 Å². The van der Waals surface area contributed by atoms with Crippen molar-refractivity contribution in [2.75, 3.05) is 24.7 Å². The number of aromatic nitrogens is 1. The molecule has 6 nitrogen and oxygen atoms in total. The molecule has 2 heterocycles. The Morgan fingerprint density at radius 1 is 1.67 bits per heavy atom. The lowest BCUT2D eigenvalue weighted by Gasteiger charge is -2.09. The first-order valence-corrected chi connectivity index (χ1v) is 8.05. The highest BCUT2D eigenvalue weighted by Crippen LogP contribution is 2.23. The van der Waals surface area contributed by atoms with Crippen molar-refractivity contribution in [3.63, 3.8) is 0 Å². The van der Waals surface area contributed by atoms with Gasteiger partial charge in [-0.05, 0) is 12.8 Å². The van der Waals surface area contributed by atoms with Crippen LogP contribution in [0.3, 0.4) is 0 Å². The fourth-order valence-electron chi connectivity index (χ4n) is 1.84. The highest BCUT2D eigenvalue weighted by Gasteiger charge is 2.31. The third-order valence-electron chi connectivity index (χ3n) is 2.84. The maximum atomic E-state index is 11.6. The molecule has 1 N–H and O–H groups in total. The van der Waals surface area contributed by atoms with Gasteiger partial charge in [-0.1, -0.05) is 11.3 Å². The Morgan fingerprint density at radius 3 is 3.06 bits per heavy atom. The molecule has 0 aliphatic carbocycles. The maximum absolute atomic E-state index is 11.6. The van der Waals surface area contributed by atoms with Gasteiger partial charge >= 0.3 is 5.97 Å². The van der Waals surface area contributed by atoms with Gasteiger partial charge in [-0.15, -0.1) is 0 Å². The Labute approximate surface area is 109 Å². The average Bonchev–Trinajstić information content (AvgIpc) is 2.92. The van der Waals surface area contributed by atoms with E-state index in [2.05, 4.69) is 15.0 Å². The zero-order chi connectivity index (χ0) is 13.2. The summed E-state index contributed by atoms with van der Waals surface area (Å²) >= 11 is 1.16. The standard InChI is InChI=1S/C10H14N2O4S2/c1-16-9(13)8-6-12-10(17-8)11-5-7-3-2-4-18(7,14)15/h6-7H,2-5H2,1H3,(H,11,12). The summed E-state index contributed by atoms with van der Waals surface area (Å²) in [5.41, 5.74) is 0. The summed E-state index contributed by atoms with van der Waals surface area (Å²) in [4.78, 5) is 15.6. The fraction of sp³-hybridized carbons (Fsp3) is 0.600. The van der Waals surface area contributed by atoms with Crippen molar-refractivity contribution < 1.29 is 17.9 Å². The number of ether oxygens (including phenoxy) is 1. The second kappa shape index (κ2) is 5.23. The Bertz CT molecular complexity index is 538. The molecule has 1 aliphatic rings. The van der Waals surface area contributed by atoms with Gasteiger partial charge in [0.15, 0.2) is 15.0 Å². The number of carbonyl (C=O) groups excluding carboxylic acids is 1. The van der Waals surface area contributed by atoms with E-state index in [0.717, 1.165) is 17.8 Å². The number of nitrogens with one attached hydrogen (secondary N) is 1. The number of sulfone groups is 1. The number of nitrogens with zero attached hydrogens (tertiary/aromatic N) is 1. The van der Waals surface area contributed by atoms with Crippen LogP contribution in [-0.2, 0) is 14.6 Å². The monoisotopic (exact) mass is 290 g/mol. The molecule has 1 aromatic rings. The predicted molar refractivity (Wildman–Crippen MR) is 68.8 cm³/mol. The number of hydrogen-bond donors (Lipinski definition) is 1. The molecule has 0 radical (unpaired) electrons. The Morgan fingerprint density at radius 2 is 2.44 bits per heavy atom. The zero-order valence-corrected chi connectivity index (χ0v) is 11.5. The highest BCUT2D eigenvalue weighted by atomic mass is 32.2. The number of esters is 1. The molecule has 2 rings (SSSR count). The second-order valence-corrected chi connectivity index (χ2v) is 7.46. The van der Waals surface area contributed by atoms with Crippen molar-refractivity contribution in [2.24, 2.45) is 0 Å². The number of anilines is 1. The van der Waals surface area contributed by atoms with Gasteiger partial charge in [0.1, 0.15) is 4.88 Å². The summed E-state index contributed by atoms with van der Waals surface area (Å²) in [5.74, 6) is -0.168. The normalized spacial score (nSPS) is 21.7. The molecule has 0 saturated carbocycles. The summed E-state index contributed by atoms with van der Waals surface area (Å²) in [6, 6.07) is 0. The van der Waals surface area contributed by atoms with Crippen LogP contribution < -0.4 is 5.32 Å². The van der Waals surface area contributed by atoms with E-state index >= 15 is 0 Å². The van der Waals surface area contributed by atoms with Crippen molar-refractivity contribution >= 4 is 32.3 Å². The molecule has 0 amide bonds. The molecule has 1 unspecified atom stereocenters. The van der Waals surface area contributed by atoms with Crippen LogP contribution in [0.4, 0.5) is 5.13 Å². The fourth-order valence-corrected chi connectivity index (χ4v) is 4.35. The van der Waals surface area contributed by atoms with E-state index in [9.17, 15) is 13.2 Å². The van der Waals surface area contributed by atoms with Crippen LogP contribution in [0.1, 0.15) is 22.5 Å². The lowest BCUT2D eigenvalue weighted by atomic mass is 10.2. The van der Waals surface area contributed by atoms with E-state index in [0.29, 0.717) is 23.0 Å². The van der Waals surface area contributed by atoms with Gasteiger partial charge in [0, 0.05) is 6.54 Å². The molecular formula is C10H14N2O4S2. The third-order valence-corrected chi connectivity index (χ3v) is 6.05. The second-order valence-electron chi connectivity index (χ2n) is 4.03. The highest BCUT2D eigenvalue weighted by molar-refractivity contribution is 7.92. The van der Waals surface area contributed by atoms with E-state index in [1.807, 2.05) is 0 Å². The summed E-state index contributed by atoms with van der Waals surface area (Å²) in [6.45, 7) is 0.344. The minimum atomic E-state index is -2.95. The SMILES string of the molecule is COC(=O)c1cnc(NCC2CCCS2(=O)=O)s1. The lowest BCUT2D eigenvalue weighted by Crippen LogP contribution is -2.24. The average molecular weight is 290 g/mol. The predicted octanol–water partition coefficient (Wildman–Crippen LogP) is 0.919. The van der Waals surface area contributed by atoms with Crippen LogP contribution in [0.15, 0.2) is 6.20 Å². The first kappa shape index (κ1) is 13.3. The number of rotatable bonds is 4. The van der Waals surface area contributed by atoms with Crippen molar-refractivity contribution in [3.8, 4) is 0 Å². The Hall–Kier alpha value is -1.15. The molecule has 1 aromatic heterocycles. The number of carbonyl (C=O) groups is 1. The molecule has 0 spiro atoms. The molecule has 1 atom stereocenters. The number of hydrogen-bond acceptors (Lipinski definition) is 7. The van der Waals surface area contributed by atoms with Crippen LogP contribution in [0.2, 0.25) is 0 Å². The molecule has 0 bridgehead atoms. The smallest absolute Gasteiger partial charge is 0.349 e.